The number of esters is 2. The van der Waals surface area contributed by atoms with E-state index in [1.165, 1.54) is 0 Å². The third-order valence-corrected chi connectivity index (χ3v) is 3.58. The lowest BCUT2D eigenvalue weighted by Gasteiger charge is -2.21. The van der Waals surface area contributed by atoms with Gasteiger partial charge in [0.05, 0.1) is 13.2 Å². The Kier molecular flexibility index (Phi) is 12.5. The molecule has 0 aliphatic heterocycles. The maximum Gasteiger partial charge on any atom is 0.313 e. The standard InChI is InChI=1S/C20H34O7/c1-7-17(15(21)9-19(23)25-11-13(3)4)27-18(8-2)16(22)10-20(24)26-12-14(5)6/h13-14,17-18H,7-12H2,1-6H3. The summed E-state index contributed by atoms with van der Waals surface area (Å²) in [6.07, 6.45) is -1.94. The number of hydrogen-bond acceptors (Lipinski definition) is 7. The van der Waals surface area contributed by atoms with Gasteiger partial charge in [0, 0.05) is 0 Å². The summed E-state index contributed by atoms with van der Waals surface area (Å²) in [6.45, 7) is 11.6. The second-order valence-electron chi connectivity index (χ2n) is 7.37. The first-order chi connectivity index (χ1) is 12.6. The van der Waals surface area contributed by atoms with E-state index in [-0.39, 0.29) is 25.0 Å². The Morgan fingerprint density at radius 2 is 1.00 bits per heavy atom. The Hall–Kier alpha value is -1.76. The van der Waals surface area contributed by atoms with E-state index in [2.05, 4.69) is 0 Å². The maximum atomic E-state index is 12.3. The molecule has 0 amide bonds. The zero-order chi connectivity index (χ0) is 21.0. The van der Waals surface area contributed by atoms with E-state index in [0.29, 0.717) is 12.8 Å². The number of carbonyl (C=O) groups excluding carboxylic acids is 4. The highest BCUT2D eigenvalue weighted by molar-refractivity contribution is 5.99. The molecule has 0 aromatic rings. The van der Waals surface area contributed by atoms with Gasteiger partial charge < -0.3 is 14.2 Å². The van der Waals surface area contributed by atoms with Crippen LogP contribution in [0.4, 0.5) is 0 Å². The first kappa shape index (κ1) is 25.2. The number of rotatable bonds is 14. The molecule has 2 unspecified atom stereocenters. The summed E-state index contributed by atoms with van der Waals surface area (Å²) in [5.74, 6) is -1.71. The van der Waals surface area contributed by atoms with Crippen LogP contribution in [-0.4, -0.2) is 48.9 Å². The molecule has 0 spiro atoms. The maximum absolute atomic E-state index is 12.3. The van der Waals surface area contributed by atoms with E-state index in [4.69, 9.17) is 14.2 Å². The third-order valence-electron chi connectivity index (χ3n) is 3.58. The lowest BCUT2D eigenvalue weighted by Crippen LogP contribution is -2.35. The summed E-state index contributed by atoms with van der Waals surface area (Å²) in [5, 5.41) is 0. The first-order valence-corrected chi connectivity index (χ1v) is 9.62. The van der Waals surface area contributed by atoms with Crippen molar-refractivity contribution in [2.75, 3.05) is 13.2 Å². The monoisotopic (exact) mass is 386 g/mol. The Bertz CT molecular complexity index is 453. The molecule has 0 saturated carbocycles. The van der Waals surface area contributed by atoms with Crippen molar-refractivity contribution in [3.05, 3.63) is 0 Å². The minimum absolute atomic E-state index is 0.180. The van der Waals surface area contributed by atoms with E-state index >= 15 is 0 Å². The SMILES string of the molecule is CCC(OC(CC)C(=O)CC(=O)OCC(C)C)C(=O)CC(=O)OCC(C)C. The lowest BCUT2D eigenvalue weighted by molar-refractivity contribution is -0.153. The molecule has 0 saturated heterocycles. The number of hydrogen-bond donors (Lipinski definition) is 0. The van der Waals surface area contributed by atoms with Crippen molar-refractivity contribution < 1.29 is 33.4 Å². The van der Waals surface area contributed by atoms with Crippen LogP contribution in [0.25, 0.3) is 0 Å². The van der Waals surface area contributed by atoms with Gasteiger partial charge in [-0.1, -0.05) is 41.5 Å². The fourth-order valence-corrected chi connectivity index (χ4v) is 2.13. The van der Waals surface area contributed by atoms with Gasteiger partial charge in [-0.25, -0.2) is 0 Å². The predicted octanol–water partition coefficient (Wildman–Crippen LogP) is 2.88. The van der Waals surface area contributed by atoms with Crippen LogP contribution in [0.1, 0.15) is 67.2 Å². The second-order valence-corrected chi connectivity index (χ2v) is 7.37. The molecule has 7 heteroatoms. The number of ether oxygens (including phenoxy) is 3. The summed E-state index contributed by atoms with van der Waals surface area (Å²) < 4.78 is 15.6. The largest absolute Gasteiger partial charge is 0.465 e. The first-order valence-electron chi connectivity index (χ1n) is 9.62. The van der Waals surface area contributed by atoms with Crippen LogP contribution in [0, 0.1) is 11.8 Å². The zero-order valence-corrected chi connectivity index (χ0v) is 17.4. The average molecular weight is 386 g/mol. The molecule has 0 fully saturated rings. The number of Topliss-reactive ketones (excluding diaryl/α,β-unsaturated/α-hetero) is 2. The molecule has 0 radical (unpaired) electrons. The Balaban J connectivity index is 4.64. The Labute approximate surface area is 162 Å². The van der Waals surface area contributed by atoms with Gasteiger partial charge in [0.25, 0.3) is 0 Å². The molecule has 0 aliphatic rings. The van der Waals surface area contributed by atoms with Crippen molar-refractivity contribution in [1.29, 1.82) is 0 Å². The van der Waals surface area contributed by atoms with Gasteiger partial charge in [-0.2, -0.15) is 0 Å². The summed E-state index contributed by atoms with van der Waals surface area (Å²) in [7, 11) is 0. The highest BCUT2D eigenvalue weighted by Gasteiger charge is 2.28. The van der Waals surface area contributed by atoms with Crippen molar-refractivity contribution >= 4 is 23.5 Å². The summed E-state index contributed by atoms with van der Waals surface area (Å²) >= 11 is 0. The molecule has 0 aromatic carbocycles. The minimum atomic E-state index is -0.891. The van der Waals surface area contributed by atoms with E-state index in [1.807, 2.05) is 27.7 Å². The summed E-state index contributed by atoms with van der Waals surface area (Å²) in [4.78, 5) is 48.0. The van der Waals surface area contributed by atoms with Crippen molar-refractivity contribution in [2.24, 2.45) is 11.8 Å². The molecule has 0 aliphatic carbocycles. The van der Waals surface area contributed by atoms with Gasteiger partial charge in [0.1, 0.15) is 25.0 Å². The predicted molar refractivity (Wildman–Crippen MR) is 100 cm³/mol. The van der Waals surface area contributed by atoms with Crippen LogP contribution in [0.2, 0.25) is 0 Å². The van der Waals surface area contributed by atoms with Gasteiger partial charge in [-0.05, 0) is 24.7 Å². The van der Waals surface area contributed by atoms with Crippen LogP contribution in [0.3, 0.4) is 0 Å². The molecule has 0 bridgehead atoms. The van der Waals surface area contributed by atoms with Crippen molar-refractivity contribution in [3.8, 4) is 0 Å². The summed E-state index contributed by atoms with van der Waals surface area (Å²) in [6, 6.07) is 0. The number of ketones is 2. The molecule has 0 rings (SSSR count). The molecule has 0 heterocycles. The molecule has 7 nitrogen and oxygen atoms in total. The van der Waals surface area contributed by atoms with E-state index in [9.17, 15) is 19.2 Å². The Morgan fingerprint density at radius 1 is 0.667 bits per heavy atom. The fourth-order valence-electron chi connectivity index (χ4n) is 2.13. The van der Waals surface area contributed by atoms with Crippen LogP contribution in [0.15, 0.2) is 0 Å². The molecule has 27 heavy (non-hydrogen) atoms. The van der Waals surface area contributed by atoms with E-state index in [0.717, 1.165) is 0 Å². The normalized spacial score (nSPS) is 13.3. The molecule has 156 valence electrons. The van der Waals surface area contributed by atoms with Crippen LogP contribution in [-0.2, 0) is 33.4 Å². The summed E-state index contributed by atoms with van der Waals surface area (Å²) in [5.41, 5.74) is 0. The minimum Gasteiger partial charge on any atom is -0.465 e. The molecular formula is C20H34O7. The topological polar surface area (TPSA) is 96.0 Å². The second kappa shape index (κ2) is 13.4. The van der Waals surface area contributed by atoms with Gasteiger partial charge in [-0.3, -0.25) is 19.2 Å². The molecule has 2 atom stereocenters. The van der Waals surface area contributed by atoms with Gasteiger partial charge in [0.2, 0.25) is 0 Å². The highest BCUT2D eigenvalue weighted by Crippen LogP contribution is 2.13. The third kappa shape index (κ3) is 11.5. The van der Waals surface area contributed by atoms with Crippen molar-refractivity contribution in [1.82, 2.24) is 0 Å². The van der Waals surface area contributed by atoms with Crippen LogP contribution in [0.5, 0.6) is 0 Å². The molecular weight excluding hydrogens is 352 g/mol. The molecule has 0 N–H and O–H groups in total. The molecule has 0 aromatic heterocycles. The van der Waals surface area contributed by atoms with Gasteiger partial charge in [-0.15, -0.1) is 0 Å². The lowest BCUT2D eigenvalue weighted by atomic mass is 10.1. The van der Waals surface area contributed by atoms with Crippen LogP contribution < -0.4 is 0 Å². The fraction of sp³-hybridized carbons (Fsp3) is 0.800. The zero-order valence-electron chi connectivity index (χ0n) is 17.4. The van der Waals surface area contributed by atoms with Gasteiger partial charge >= 0.3 is 11.9 Å². The van der Waals surface area contributed by atoms with E-state index in [1.54, 1.807) is 13.8 Å². The van der Waals surface area contributed by atoms with Crippen molar-refractivity contribution in [3.63, 3.8) is 0 Å². The highest BCUT2D eigenvalue weighted by atomic mass is 16.5. The van der Waals surface area contributed by atoms with E-state index < -0.39 is 48.6 Å². The average Bonchev–Trinajstić information content (AvgIpc) is 2.58. The smallest absolute Gasteiger partial charge is 0.313 e. The number of carbonyl (C=O) groups is 4. The van der Waals surface area contributed by atoms with Crippen LogP contribution >= 0.6 is 0 Å². The Morgan fingerprint density at radius 3 is 1.26 bits per heavy atom. The quantitative estimate of drug-likeness (QED) is 0.334. The van der Waals surface area contributed by atoms with Crippen molar-refractivity contribution in [2.45, 2.75) is 79.4 Å². The van der Waals surface area contributed by atoms with Gasteiger partial charge in [0.15, 0.2) is 11.6 Å².